The van der Waals surface area contributed by atoms with E-state index in [2.05, 4.69) is 20.7 Å². The highest BCUT2D eigenvalue weighted by atomic mass is 32.2. The van der Waals surface area contributed by atoms with Crippen molar-refractivity contribution in [3.05, 3.63) is 66.0 Å². The topological polar surface area (TPSA) is 88.9 Å². The van der Waals surface area contributed by atoms with Gasteiger partial charge >= 0.3 is 0 Å². The number of nitrogens with one attached hydrogen (secondary N) is 2. The predicted octanol–water partition coefficient (Wildman–Crippen LogP) is 3.23. The Morgan fingerprint density at radius 3 is 2.71 bits per heavy atom. The molecule has 2 N–H and O–H groups in total. The van der Waals surface area contributed by atoms with Crippen LogP contribution in [0.4, 0.5) is 16.0 Å². The Morgan fingerprint density at radius 2 is 1.96 bits per heavy atom. The lowest BCUT2D eigenvalue weighted by atomic mass is 10.1. The number of nitrogens with zero attached hydrogens (tertiary/aromatic N) is 3. The molecule has 7 nitrogen and oxygen atoms in total. The minimum absolute atomic E-state index is 0.0494. The van der Waals surface area contributed by atoms with Gasteiger partial charge < -0.3 is 5.32 Å². The van der Waals surface area contributed by atoms with Gasteiger partial charge in [-0.15, -0.1) is 5.10 Å². The monoisotopic (exact) mass is 397 g/mol. The van der Waals surface area contributed by atoms with Gasteiger partial charge in [-0.1, -0.05) is 42.1 Å². The van der Waals surface area contributed by atoms with Crippen molar-refractivity contribution in [1.29, 1.82) is 0 Å². The van der Waals surface area contributed by atoms with Crippen LogP contribution in [-0.4, -0.2) is 26.6 Å². The number of halogens is 1. The van der Waals surface area contributed by atoms with Crippen molar-refractivity contribution in [3.8, 4) is 0 Å². The summed E-state index contributed by atoms with van der Waals surface area (Å²) < 4.78 is 14.5. The summed E-state index contributed by atoms with van der Waals surface area (Å²) >= 11 is 1.42. The molecule has 0 aliphatic carbocycles. The molecule has 28 heavy (non-hydrogen) atoms. The molecule has 0 fully saturated rings. The third-order valence-electron chi connectivity index (χ3n) is 4.16. The Labute approximate surface area is 164 Å². The van der Waals surface area contributed by atoms with Crippen LogP contribution >= 0.6 is 11.8 Å². The Hall–Kier alpha value is -3.20. The second-order valence-corrected chi connectivity index (χ2v) is 7.14. The summed E-state index contributed by atoms with van der Waals surface area (Å²) in [6.45, 7) is 0. The molecular formula is C19H16FN5O2S. The van der Waals surface area contributed by atoms with Gasteiger partial charge in [-0.2, -0.15) is 4.98 Å². The van der Waals surface area contributed by atoms with Gasteiger partial charge in [0.05, 0.1) is 6.42 Å². The summed E-state index contributed by atoms with van der Waals surface area (Å²) in [7, 11) is 0. The largest absolute Gasteiger partial charge is 0.324 e. The predicted molar refractivity (Wildman–Crippen MR) is 103 cm³/mol. The lowest BCUT2D eigenvalue weighted by molar-refractivity contribution is -0.125. The molecule has 3 aromatic rings. The van der Waals surface area contributed by atoms with Crippen molar-refractivity contribution < 1.29 is 14.0 Å². The first-order valence-electron chi connectivity index (χ1n) is 8.58. The zero-order valence-electron chi connectivity index (χ0n) is 14.6. The van der Waals surface area contributed by atoms with Crippen LogP contribution in [0.2, 0.25) is 0 Å². The van der Waals surface area contributed by atoms with Gasteiger partial charge in [0.2, 0.25) is 22.9 Å². The minimum atomic E-state index is -0.827. The maximum Gasteiger partial charge on any atom is 0.249 e. The van der Waals surface area contributed by atoms with Crippen LogP contribution in [0.3, 0.4) is 0 Å². The molecule has 1 aliphatic rings. The molecule has 1 aromatic heterocycles. The van der Waals surface area contributed by atoms with Crippen LogP contribution in [0.25, 0.3) is 0 Å². The smallest absolute Gasteiger partial charge is 0.249 e. The Morgan fingerprint density at radius 1 is 1.21 bits per heavy atom. The van der Waals surface area contributed by atoms with Crippen molar-refractivity contribution in [2.45, 2.75) is 23.4 Å². The zero-order valence-corrected chi connectivity index (χ0v) is 15.4. The maximum atomic E-state index is 13.0. The van der Waals surface area contributed by atoms with Crippen LogP contribution in [0.1, 0.15) is 18.0 Å². The molecule has 0 bridgehead atoms. The normalized spacial score (nSPS) is 15.6. The van der Waals surface area contributed by atoms with E-state index >= 15 is 0 Å². The van der Waals surface area contributed by atoms with Crippen LogP contribution in [-0.2, 0) is 15.3 Å². The molecule has 2 heterocycles. The molecule has 9 heteroatoms. The SMILES string of the molecule is O=C1C[C@H](C(=O)Nc2ccc(F)cc2)n2nc(SCc3ccccc3)nc2N1. The fraction of sp³-hybridized carbons (Fsp3) is 0.158. The van der Waals surface area contributed by atoms with Crippen molar-refractivity contribution >= 4 is 35.2 Å². The quantitative estimate of drug-likeness (QED) is 0.646. The van der Waals surface area contributed by atoms with Gasteiger partial charge in [-0.25, -0.2) is 9.07 Å². The van der Waals surface area contributed by atoms with E-state index < -0.39 is 17.8 Å². The number of thioether (sulfide) groups is 1. The van der Waals surface area contributed by atoms with Gasteiger partial charge in [0.1, 0.15) is 11.9 Å². The summed E-state index contributed by atoms with van der Waals surface area (Å²) in [5, 5.41) is 10.2. The van der Waals surface area contributed by atoms with Gasteiger partial charge in [0, 0.05) is 11.4 Å². The van der Waals surface area contributed by atoms with Crippen molar-refractivity contribution in [1.82, 2.24) is 14.8 Å². The van der Waals surface area contributed by atoms with Crippen LogP contribution in [0, 0.1) is 5.82 Å². The van der Waals surface area contributed by atoms with E-state index in [1.54, 1.807) is 0 Å². The summed E-state index contributed by atoms with van der Waals surface area (Å²) in [6, 6.07) is 14.5. The van der Waals surface area contributed by atoms with Gasteiger partial charge in [0.15, 0.2) is 0 Å². The zero-order chi connectivity index (χ0) is 19.5. The summed E-state index contributed by atoms with van der Waals surface area (Å²) in [5.74, 6) is -0.198. The number of hydrogen-bond donors (Lipinski definition) is 2. The summed E-state index contributed by atoms with van der Waals surface area (Å²) in [5.41, 5.74) is 1.56. The second kappa shape index (κ2) is 7.81. The van der Waals surface area contributed by atoms with E-state index in [9.17, 15) is 14.0 Å². The van der Waals surface area contributed by atoms with Crippen LogP contribution in [0.5, 0.6) is 0 Å². The molecule has 2 amide bonds. The van der Waals surface area contributed by atoms with Gasteiger partial charge in [0.25, 0.3) is 0 Å². The molecule has 0 unspecified atom stereocenters. The van der Waals surface area contributed by atoms with Crippen molar-refractivity contribution in [2.75, 3.05) is 10.6 Å². The van der Waals surface area contributed by atoms with E-state index in [-0.39, 0.29) is 18.3 Å². The number of carbonyl (C=O) groups excluding carboxylic acids is 2. The number of rotatable bonds is 5. The highest BCUT2D eigenvalue weighted by molar-refractivity contribution is 7.98. The average Bonchev–Trinajstić information content (AvgIpc) is 3.11. The van der Waals surface area contributed by atoms with Crippen molar-refractivity contribution in [2.24, 2.45) is 0 Å². The number of amides is 2. The number of hydrogen-bond acceptors (Lipinski definition) is 5. The molecule has 0 radical (unpaired) electrons. The molecule has 4 rings (SSSR count). The molecule has 2 aromatic carbocycles. The van der Waals surface area contributed by atoms with E-state index in [0.717, 1.165) is 5.56 Å². The second-order valence-electron chi connectivity index (χ2n) is 6.20. The number of benzene rings is 2. The Bertz CT molecular complexity index is 1010. The van der Waals surface area contributed by atoms with E-state index in [1.807, 2.05) is 30.3 Å². The highest BCUT2D eigenvalue weighted by Gasteiger charge is 2.33. The van der Waals surface area contributed by atoms with Gasteiger partial charge in [-0.05, 0) is 29.8 Å². The molecule has 1 atom stereocenters. The standard InChI is InChI=1S/C19H16FN5O2S/c20-13-6-8-14(9-7-13)21-17(27)15-10-16(26)22-18-23-19(24-25(15)18)28-11-12-4-2-1-3-5-12/h1-9,15H,10-11H2,(H,21,27)(H,22,23,24,26)/t15-/m1/s1. The minimum Gasteiger partial charge on any atom is -0.324 e. The molecule has 1 aliphatic heterocycles. The van der Waals surface area contributed by atoms with Crippen molar-refractivity contribution in [3.63, 3.8) is 0 Å². The maximum absolute atomic E-state index is 13.0. The fourth-order valence-electron chi connectivity index (χ4n) is 2.79. The highest BCUT2D eigenvalue weighted by Crippen LogP contribution is 2.28. The average molecular weight is 397 g/mol. The number of aromatic nitrogens is 3. The Balaban J connectivity index is 1.51. The third kappa shape index (κ3) is 4.04. The molecule has 0 saturated carbocycles. The number of anilines is 2. The lowest BCUT2D eigenvalue weighted by Crippen LogP contribution is -2.36. The molecule has 142 valence electrons. The number of carbonyl (C=O) groups is 2. The van der Waals surface area contributed by atoms with E-state index in [1.165, 1.54) is 40.7 Å². The Kier molecular flexibility index (Phi) is 5.07. The van der Waals surface area contributed by atoms with Gasteiger partial charge in [-0.3, -0.25) is 14.9 Å². The molecule has 0 spiro atoms. The van der Waals surface area contributed by atoms with Crippen LogP contribution in [0.15, 0.2) is 59.8 Å². The first-order valence-corrected chi connectivity index (χ1v) is 9.56. The van der Waals surface area contributed by atoms with E-state index in [4.69, 9.17) is 0 Å². The molecule has 0 saturated heterocycles. The van der Waals surface area contributed by atoms with Crippen LogP contribution < -0.4 is 10.6 Å². The summed E-state index contributed by atoms with van der Waals surface area (Å²) in [4.78, 5) is 29.0. The first kappa shape index (κ1) is 18.2. The fourth-order valence-corrected chi connectivity index (χ4v) is 3.57. The first-order chi connectivity index (χ1) is 13.6. The number of fused-ring (bicyclic) bond motifs is 1. The third-order valence-corrected chi connectivity index (χ3v) is 5.07. The lowest BCUT2D eigenvalue weighted by Gasteiger charge is -2.22. The molecular weight excluding hydrogens is 381 g/mol. The van der Waals surface area contributed by atoms with E-state index in [0.29, 0.717) is 16.6 Å². The summed E-state index contributed by atoms with van der Waals surface area (Å²) in [6.07, 6.45) is -0.0494.